The van der Waals surface area contributed by atoms with Crippen molar-refractivity contribution in [2.45, 2.75) is 6.10 Å². The van der Waals surface area contributed by atoms with Crippen molar-refractivity contribution in [1.82, 2.24) is 9.97 Å². The Morgan fingerprint density at radius 3 is 2.43 bits per heavy atom. The van der Waals surface area contributed by atoms with Crippen LogP contribution in [0.2, 0.25) is 0 Å². The maximum atomic E-state index is 9.90. The van der Waals surface area contributed by atoms with Crippen LogP contribution in [0.5, 0.6) is 0 Å². The number of hydrogen-bond acceptors (Lipinski definition) is 3. The molecular formula is C11H10N2O. The third-order valence-electron chi connectivity index (χ3n) is 1.99. The number of aromatic nitrogens is 2. The number of nitrogens with zero attached hydrogens (tertiary/aromatic N) is 2. The third kappa shape index (κ3) is 1.78. The number of pyridine rings is 2. The normalized spacial score (nSPS) is 12.4. The fraction of sp³-hybridized carbons (Fsp3) is 0.0909. The Hall–Kier alpha value is -1.74. The summed E-state index contributed by atoms with van der Waals surface area (Å²) in [6.45, 7) is 0. The lowest BCUT2D eigenvalue weighted by atomic mass is 10.1. The second kappa shape index (κ2) is 3.98. The highest BCUT2D eigenvalue weighted by molar-refractivity contribution is 5.22. The average Bonchev–Trinajstić information content (AvgIpc) is 2.30. The second-order valence-electron chi connectivity index (χ2n) is 2.94. The number of aliphatic hydroxyl groups excluding tert-OH is 1. The van der Waals surface area contributed by atoms with E-state index in [9.17, 15) is 5.11 Å². The van der Waals surface area contributed by atoms with E-state index in [1.807, 2.05) is 12.1 Å². The van der Waals surface area contributed by atoms with Gasteiger partial charge in [-0.25, -0.2) is 0 Å². The summed E-state index contributed by atoms with van der Waals surface area (Å²) in [6.07, 6.45) is 4.31. The van der Waals surface area contributed by atoms with Gasteiger partial charge >= 0.3 is 0 Å². The molecule has 2 aromatic heterocycles. The van der Waals surface area contributed by atoms with Crippen molar-refractivity contribution in [1.29, 1.82) is 0 Å². The molecule has 0 saturated carbocycles. The second-order valence-corrected chi connectivity index (χ2v) is 2.94. The molecule has 2 rings (SSSR count). The largest absolute Gasteiger partial charge is 0.382 e. The highest BCUT2D eigenvalue weighted by Crippen LogP contribution is 2.18. The van der Waals surface area contributed by atoms with E-state index in [0.717, 1.165) is 5.56 Å². The summed E-state index contributed by atoms with van der Waals surface area (Å²) in [5.74, 6) is 0. The van der Waals surface area contributed by atoms with Crippen molar-refractivity contribution < 1.29 is 5.11 Å². The van der Waals surface area contributed by atoms with Gasteiger partial charge < -0.3 is 5.11 Å². The Morgan fingerprint density at radius 2 is 1.79 bits per heavy atom. The van der Waals surface area contributed by atoms with E-state index in [1.165, 1.54) is 0 Å². The molecule has 0 fully saturated rings. The number of aliphatic hydroxyl groups is 1. The Labute approximate surface area is 82.1 Å². The lowest BCUT2D eigenvalue weighted by Gasteiger charge is -2.08. The van der Waals surface area contributed by atoms with Crippen molar-refractivity contribution in [2.75, 3.05) is 0 Å². The van der Waals surface area contributed by atoms with Crippen molar-refractivity contribution in [3.8, 4) is 0 Å². The Kier molecular flexibility index (Phi) is 2.51. The molecule has 2 heterocycles. The SMILES string of the molecule is OC(c1ccncc1)c1ccccn1. The van der Waals surface area contributed by atoms with Crippen LogP contribution in [0.3, 0.4) is 0 Å². The smallest absolute Gasteiger partial charge is 0.121 e. The molecule has 0 saturated heterocycles. The summed E-state index contributed by atoms with van der Waals surface area (Å²) < 4.78 is 0. The summed E-state index contributed by atoms with van der Waals surface area (Å²) in [4.78, 5) is 7.97. The monoisotopic (exact) mass is 186 g/mol. The molecule has 0 spiro atoms. The molecule has 0 radical (unpaired) electrons. The fourth-order valence-corrected chi connectivity index (χ4v) is 1.25. The standard InChI is InChI=1S/C11H10N2O/c14-11(9-4-7-12-8-5-9)10-3-1-2-6-13-10/h1-8,11,14H. The lowest BCUT2D eigenvalue weighted by Crippen LogP contribution is -2.01. The first kappa shape index (κ1) is 8.84. The van der Waals surface area contributed by atoms with E-state index in [2.05, 4.69) is 9.97 Å². The number of rotatable bonds is 2. The average molecular weight is 186 g/mol. The molecule has 0 amide bonds. The molecule has 1 N–H and O–H groups in total. The summed E-state index contributed by atoms with van der Waals surface area (Å²) >= 11 is 0. The summed E-state index contributed by atoms with van der Waals surface area (Å²) in [6, 6.07) is 9.03. The Balaban J connectivity index is 2.30. The molecule has 2 aromatic rings. The van der Waals surface area contributed by atoms with Crippen molar-refractivity contribution in [3.63, 3.8) is 0 Å². The van der Waals surface area contributed by atoms with Gasteiger partial charge in [0.1, 0.15) is 6.10 Å². The van der Waals surface area contributed by atoms with Crippen LogP contribution in [-0.2, 0) is 0 Å². The lowest BCUT2D eigenvalue weighted by molar-refractivity contribution is 0.215. The molecule has 14 heavy (non-hydrogen) atoms. The van der Waals surface area contributed by atoms with E-state index in [0.29, 0.717) is 5.69 Å². The van der Waals surface area contributed by atoms with Crippen LogP contribution in [0.1, 0.15) is 17.4 Å². The van der Waals surface area contributed by atoms with Crippen LogP contribution in [-0.4, -0.2) is 15.1 Å². The van der Waals surface area contributed by atoms with Gasteiger partial charge in [0.2, 0.25) is 0 Å². The van der Waals surface area contributed by atoms with E-state index >= 15 is 0 Å². The molecule has 1 atom stereocenters. The molecule has 0 aliphatic carbocycles. The topological polar surface area (TPSA) is 46.0 Å². The molecule has 1 unspecified atom stereocenters. The van der Waals surface area contributed by atoms with Crippen LogP contribution in [0.25, 0.3) is 0 Å². The third-order valence-corrected chi connectivity index (χ3v) is 1.99. The van der Waals surface area contributed by atoms with Crippen LogP contribution >= 0.6 is 0 Å². The summed E-state index contributed by atoms with van der Waals surface area (Å²) in [5.41, 5.74) is 1.46. The number of hydrogen-bond donors (Lipinski definition) is 1. The quantitative estimate of drug-likeness (QED) is 0.774. The van der Waals surface area contributed by atoms with Crippen LogP contribution in [0, 0.1) is 0 Å². The molecular weight excluding hydrogens is 176 g/mol. The zero-order valence-corrected chi connectivity index (χ0v) is 7.54. The van der Waals surface area contributed by atoms with Gasteiger partial charge in [-0.3, -0.25) is 9.97 Å². The van der Waals surface area contributed by atoms with E-state index in [4.69, 9.17) is 0 Å². The van der Waals surface area contributed by atoms with Gasteiger partial charge in [-0.05, 0) is 29.8 Å². The first-order valence-electron chi connectivity index (χ1n) is 4.37. The Bertz CT molecular complexity index is 349. The minimum atomic E-state index is -0.667. The van der Waals surface area contributed by atoms with Gasteiger partial charge in [0.05, 0.1) is 5.69 Å². The predicted octanol–water partition coefficient (Wildman–Crippen LogP) is 1.56. The maximum absolute atomic E-state index is 9.90. The Morgan fingerprint density at radius 1 is 1.00 bits per heavy atom. The zero-order chi connectivity index (χ0) is 9.80. The van der Waals surface area contributed by atoms with Gasteiger partial charge in [0, 0.05) is 18.6 Å². The molecule has 0 bridgehead atoms. The molecule has 0 aliphatic heterocycles. The molecule has 3 heteroatoms. The highest BCUT2D eigenvalue weighted by atomic mass is 16.3. The van der Waals surface area contributed by atoms with E-state index in [-0.39, 0.29) is 0 Å². The minimum absolute atomic E-state index is 0.652. The van der Waals surface area contributed by atoms with Gasteiger partial charge in [0.25, 0.3) is 0 Å². The summed E-state index contributed by atoms with van der Waals surface area (Å²) in [7, 11) is 0. The van der Waals surface area contributed by atoms with Crippen molar-refractivity contribution in [3.05, 3.63) is 60.2 Å². The van der Waals surface area contributed by atoms with Crippen molar-refractivity contribution >= 4 is 0 Å². The van der Waals surface area contributed by atoms with Crippen LogP contribution in [0.4, 0.5) is 0 Å². The molecule has 70 valence electrons. The molecule has 0 aliphatic rings. The van der Waals surface area contributed by atoms with Gasteiger partial charge in [-0.2, -0.15) is 0 Å². The molecule has 0 aromatic carbocycles. The first-order chi connectivity index (χ1) is 6.88. The highest BCUT2D eigenvalue weighted by Gasteiger charge is 2.09. The van der Waals surface area contributed by atoms with Crippen LogP contribution < -0.4 is 0 Å². The maximum Gasteiger partial charge on any atom is 0.121 e. The minimum Gasteiger partial charge on any atom is -0.382 e. The molecule has 3 nitrogen and oxygen atoms in total. The fourth-order valence-electron chi connectivity index (χ4n) is 1.25. The first-order valence-corrected chi connectivity index (χ1v) is 4.37. The van der Waals surface area contributed by atoms with Crippen LogP contribution in [0.15, 0.2) is 48.9 Å². The van der Waals surface area contributed by atoms with Gasteiger partial charge in [-0.15, -0.1) is 0 Å². The summed E-state index contributed by atoms with van der Waals surface area (Å²) in [5, 5.41) is 9.90. The zero-order valence-electron chi connectivity index (χ0n) is 7.54. The van der Waals surface area contributed by atoms with Crippen molar-refractivity contribution in [2.24, 2.45) is 0 Å². The van der Waals surface area contributed by atoms with Gasteiger partial charge in [-0.1, -0.05) is 6.07 Å². The van der Waals surface area contributed by atoms with E-state index < -0.39 is 6.10 Å². The van der Waals surface area contributed by atoms with E-state index in [1.54, 1.807) is 36.8 Å². The predicted molar refractivity (Wildman–Crippen MR) is 52.5 cm³/mol. The van der Waals surface area contributed by atoms with Gasteiger partial charge in [0.15, 0.2) is 0 Å².